The van der Waals surface area contributed by atoms with Gasteiger partial charge in [0.2, 0.25) is 0 Å². The van der Waals surface area contributed by atoms with Crippen LogP contribution in [0.15, 0.2) is 34.9 Å². The van der Waals surface area contributed by atoms with E-state index in [-0.39, 0.29) is 24.1 Å². The second kappa shape index (κ2) is 4.59. The molecule has 0 saturated heterocycles. The number of anilines is 1. The molecule has 1 aromatic heterocycles. The second-order valence-corrected chi connectivity index (χ2v) is 3.45. The fraction of sp³-hybridized carbons (Fsp3) is 0.182. The lowest BCUT2D eigenvalue weighted by Crippen LogP contribution is -2.08. The third kappa shape index (κ3) is 2.73. The summed E-state index contributed by atoms with van der Waals surface area (Å²) in [5.41, 5.74) is 4.40. The topological polar surface area (TPSA) is 61.3 Å². The van der Waals surface area contributed by atoms with Crippen molar-refractivity contribution in [1.82, 2.24) is 4.98 Å². The lowest BCUT2D eigenvalue weighted by molar-refractivity contribution is -0.139. The van der Waals surface area contributed by atoms with Crippen molar-refractivity contribution in [2.45, 2.75) is 12.8 Å². The Kier molecular flexibility index (Phi) is 3.14. The van der Waals surface area contributed by atoms with Gasteiger partial charge >= 0.3 is 6.18 Å². The molecule has 0 amide bonds. The van der Waals surface area contributed by atoms with Crippen LogP contribution in [0, 0.1) is 0 Å². The van der Waals surface area contributed by atoms with Crippen molar-refractivity contribution in [3.63, 3.8) is 0 Å². The van der Waals surface area contributed by atoms with E-state index in [2.05, 4.69) is 4.98 Å². The Morgan fingerprint density at radius 3 is 2.61 bits per heavy atom. The third-order valence-corrected chi connectivity index (χ3v) is 2.13. The summed E-state index contributed by atoms with van der Waals surface area (Å²) in [5, 5.41) is 0. The maximum absolute atomic E-state index is 12.6. The van der Waals surface area contributed by atoms with Crippen molar-refractivity contribution in [2.24, 2.45) is 0 Å². The number of ether oxygens (including phenoxy) is 1. The van der Waals surface area contributed by atoms with Gasteiger partial charge in [-0.2, -0.15) is 13.2 Å². The smallest absolute Gasteiger partial charge is 0.419 e. The Morgan fingerprint density at radius 2 is 2.00 bits per heavy atom. The Morgan fingerprint density at radius 1 is 1.28 bits per heavy atom. The van der Waals surface area contributed by atoms with E-state index in [0.29, 0.717) is 0 Å². The van der Waals surface area contributed by atoms with Gasteiger partial charge in [-0.1, -0.05) is 12.1 Å². The number of oxazole rings is 1. The fourth-order valence-corrected chi connectivity index (χ4v) is 1.36. The summed E-state index contributed by atoms with van der Waals surface area (Å²) in [6.45, 7) is -0.169. The minimum absolute atomic E-state index is 0.0577. The Balaban J connectivity index is 2.14. The van der Waals surface area contributed by atoms with E-state index >= 15 is 0 Å². The fourth-order valence-electron chi connectivity index (χ4n) is 1.36. The van der Waals surface area contributed by atoms with Gasteiger partial charge in [0.1, 0.15) is 12.4 Å². The van der Waals surface area contributed by atoms with Gasteiger partial charge in [-0.05, 0) is 12.1 Å². The monoisotopic (exact) mass is 258 g/mol. The van der Waals surface area contributed by atoms with E-state index in [0.717, 1.165) is 6.07 Å². The molecular formula is C11H9F3N2O2. The zero-order valence-electron chi connectivity index (χ0n) is 9.07. The largest absolute Gasteiger partial charge is 0.485 e. The number of aromatic nitrogens is 1. The average molecular weight is 258 g/mol. The standard InChI is InChI=1S/C11H9F3N2O2/c12-11(13,14)8-3-1-2-4-9(8)17-6-7-5-16-10(15)18-7/h1-5H,6H2,(H2,15,16). The number of hydrogen-bond donors (Lipinski definition) is 1. The molecule has 0 saturated carbocycles. The normalized spacial score (nSPS) is 11.5. The SMILES string of the molecule is Nc1ncc(COc2ccccc2C(F)(F)F)o1. The highest BCUT2D eigenvalue weighted by Gasteiger charge is 2.34. The summed E-state index contributed by atoms with van der Waals surface area (Å²) in [4.78, 5) is 3.61. The average Bonchev–Trinajstić information content (AvgIpc) is 2.72. The zero-order chi connectivity index (χ0) is 13.2. The third-order valence-electron chi connectivity index (χ3n) is 2.13. The molecule has 0 unspecified atom stereocenters. The lowest BCUT2D eigenvalue weighted by Gasteiger charge is -2.12. The van der Waals surface area contributed by atoms with Crippen LogP contribution in [0.4, 0.5) is 19.2 Å². The molecule has 0 atom stereocenters. The van der Waals surface area contributed by atoms with E-state index in [1.165, 1.54) is 24.4 Å². The molecule has 7 heteroatoms. The van der Waals surface area contributed by atoms with Gasteiger partial charge in [0.05, 0.1) is 11.8 Å². The van der Waals surface area contributed by atoms with Crippen LogP contribution in [0.5, 0.6) is 5.75 Å². The highest BCUT2D eigenvalue weighted by Crippen LogP contribution is 2.36. The Labute approximate surface area is 100 Å². The summed E-state index contributed by atoms with van der Waals surface area (Å²) in [6, 6.07) is 4.88. The molecule has 2 aromatic rings. The molecule has 0 fully saturated rings. The number of benzene rings is 1. The first-order chi connectivity index (χ1) is 8.47. The molecular weight excluding hydrogens is 249 g/mol. The Hall–Kier alpha value is -2.18. The van der Waals surface area contributed by atoms with Gasteiger partial charge < -0.3 is 14.9 Å². The van der Waals surface area contributed by atoms with Gasteiger partial charge in [0, 0.05) is 0 Å². The molecule has 0 spiro atoms. The van der Waals surface area contributed by atoms with E-state index < -0.39 is 11.7 Å². The van der Waals surface area contributed by atoms with Gasteiger partial charge in [0.15, 0.2) is 5.76 Å². The summed E-state index contributed by atoms with van der Waals surface area (Å²) in [6.07, 6.45) is -3.16. The number of hydrogen-bond acceptors (Lipinski definition) is 4. The molecule has 4 nitrogen and oxygen atoms in total. The van der Waals surface area contributed by atoms with Crippen LogP contribution in [-0.2, 0) is 12.8 Å². The van der Waals surface area contributed by atoms with Crippen LogP contribution < -0.4 is 10.5 Å². The first-order valence-corrected chi connectivity index (χ1v) is 4.96. The number of nitrogens with zero attached hydrogens (tertiary/aromatic N) is 1. The van der Waals surface area contributed by atoms with Gasteiger partial charge in [-0.15, -0.1) is 0 Å². The molecule has 2 N–H and O–H groups in total. The highest BCUT2D eigenvalue weighted by molar-refractivity contribution is 5.35. The van der Waals surface area contributed by atoms with Crippen molar-refractivity contribution in [3.05, 3.63) is 41.8 Å². The number of alkyl halides is 3. The number of rotatable bonds is 3. The van der Waals surface area contributed by atoms with Gasteiger partial charge in [-0.25, -0.2) is 4.98 Å². The van der Waals surface area contributed by atoms with Crippen LogP contribution in [-0.4, -0.2) is 4.98 Å². The van der Waals surface area contributed by atoms with Crippen LogP contribution in [0.2, 0.25) is 0 Å². The predicted octanol–water partition coefficient (Wildman–Crippen LogP) is 2.85. The molecule has 0 aliphatic carbocycles. The van der Waals surface area contributed by atoms with Crippen molar-refractivity contribution < 1.29 is 22.3 Å². The van der Waals surface area contributed by atoms with Crippen molar-refractivity contribution in [2.75, 3.05) is 5.73 Å². The molecule has 2 rings (SSSR count). The zero-order valence-corrected chi connectivity index (χ0v) is 9.07. The lowest BCUT2D eigenvalue weighted by atomic mass is 10.2. The molecule has 1 aromatic carbocycles. The minimum atomic E-state index is -4.46. The maximum atomic E-state index is 12.6. The van der Waals surface area contributed by atoms with E-state index in [1.807, 2.05) is 0 Å². The number of halogens is 3. The summed E-state index contributed by atoms with van der Waals surface area (Å²) in [7, 11) is 0. The molecule has 0 aliphatic heterocycles. The molecule has 0 radical (unpaired) electrons. The molecule has 0 aliphatic rings. The van der Waals surface area contributed by atoms with Gasteiger partial charge in [0.25, 0.3) is 6.01 Å². The number of para-hydroxylation sites is 1. The maximum Gasteiger partial charge on any atom is 0.419 e. The van der Waals surface area contributed by atoms with Crippen LogP contribution in [0.25, 0.3) is 0 Å². The summed E-state index contributed by atoms with van der Waals surface area (Å²) < 4.78 is 47.9. The van der Waals surface area contributed by atoms with E-state index in [1.54, 1.807) is 0 Å². The highest BCUT2D eigenvalue weighted by atomic mass is 19.4. The predicted molar refractivity (Wildman–Crippen MR) is 56.7 cm³/mol. The van der Waals surface area contributed by atoms with Crippen molar-refractivity contribution >= 4 is 6.01 Å². The van der Waals surface area contributed by atoms with E-state index in [9.17, 15) is 13.2 Å². The van der Waals surface area contributed by atoms with Crippen LogP contribution in [0.1, 0.15) is 11.3 Å². The second-order valence-electron chi connectivity index (χ2n) is 3.45. The molecule has 0 bridgehead atoms. The number of nitrogens with two attached hydrogens (primary N) is 1. The first-order valence-electron chi connectivity index (χ1n) is 4.96. The summed E-state index contributed by atoms with van der Waals surface area (Å²) in [5.74, 6) is -0.00977. The van der Waals surface area contributed by atoms with E-state index in [4.69, 9.17) is 14.9 Å². The quantitative estimate of drug-likeness (QED) is 0.919. The first kappa shape index (κ1) is 12.3. The van der Waals surface area contributed by atoms with Crippen molar-refractivity contribution in [1.29, 1.82) is 0 Å². The minimum Gasteiger partial charge on any atom is -0.485 e. The Bertz CT molecular complexity index is 537. The van der Waals surface area contributed by atoms with Crippen LogP contribution >= 0.6 is 0 Å². The summed E-state index contributed by atoms with van der Waals surface area (Å²) >= 11 is 0. The van der Waals surface area contributed by atoms with Crippen molar-refractivity contribution in [3.8, 4) is 5.75 Å². The van der Waals surface area contributed by atoms with Gasteiger partial charge in [-0.3, -0.25) is 0 Å². The number of nitrogen functional groups attached to an aromatic ring is 1. The molecule has 96 valence electrons. The van der Waals surface area contributed by atoms with Crippen LogP contribution in [0.3, 0.4) is 0 Å². The molecule has 1 heterocycles. The molecule has 18 heavy (non-hydrogen) atoms.